The number of hydrogen-bond acceptors (Lipinski definition) is 2. The van der Waals surface area contributed by atoms with Crippen molar-refractivity contribution in [2.24, 2.45) is 5.92 Å². The van der Waals surface area contributed by atoms with E-state index in [0.29, 0.717) is 0 Å². The van der Waals surface area contributed by atoms with Crippen molar-refractivity contribution in [3.05, 3.63) is 34.4 Å². The Morgan fingerprint density at radius 2 is 1.80 bits per heavy atom. The minimum absolute atomic E-state index is 0.357. The fourth-order valence-electron chi connectivity index (χ4n) is 3.56. The Labute approximate surface area is 123 Å². The van der Waals surface area contributed by atoms with Crippen molar-refractivity contribution in [1.29, 1.82) is 0 Å². The van der Waals surface area contributed by atoms with Gasteiger partial charge in [-0.15, -0.1) is 0 Å². The average molecular weight is 275 g/mol. The standard InChI is InChI=1S/C18H29NO/c1-13-6-5-8-19(9-7-13)12-17(20)18-15(3)10-14(2)11-16(18)4/h10-11,13,17,20H,5-9,12H2,1-4H3. The molecule has 0 bridgehead atoms. The Hall–Kier alpha value is -0.860. The van der Waals surface area contributed by atoms with Crippen LogP contribution in [0.2, 0.25) is 0 Å². The summed E-state index contributed by atoms with van der Waals surface area (Å²) in [4.78, 5) is 2.44. The maximum absolute atomic E-state index is 10.6. The van der Waals surface area contributed by atoms with Crippen LogP contribution in [0.4, 0.5) is 0 Å². The van der Waals surface area contributed by atoms with Crippen molar-refractivity contribution in [1.82, 2.24) is 4.90 Å². The molecule has 1 aromatic rings. The molecule has 0 amide bonds. The molecule has 1 saturated heterocycles. The highest BCUT2D eigenvalue weighted by atomic mass is 16.3. The number of rotatable bonds is 3. The van der Waals surface area contributed by atoms with Gasteiger partial charge in [-0.25, -0.2) is 0 Å². The van der Waals surface area contributed by atoms with Gasteiger partial charge in [0.25, 0.3) is 0 Å². The van der Waals surface area contributed by atoms with Gasteiger partial charge < -0.3 is 10.0 Å². The monoisotopic (exact) mass is 275 g/mol. The molecule has 0 spiro atoms. The summed E-state index contributed by atoms with van der Waals surface area (Å²) in [6.45, 7) is 11.7. The number of β-amino-alcohol motifs (C(OH)–C–C–N with tert-alkyl or cyclic N) is 1. The Morgan fingerprint density at radius 3 is 2.45 bits per heavy atom. The van der Waals surface area contributed by atoms with Gasteiger partial charge in [-0.2, -0.15) is 0 Å². The van der Waals surface area contributed by atoms with Crippen LogP contribution in [0.15, 0.2) is 12.1 Å². The third kappa shape index (κ3) is 3.83. The highest BCUT2D eigenvalue weighted by molar-refractivity contribution is 5.39. The van der Waals surface area contributed by atoms with E-state index in [0.717, 1.165) is 31.1 Å². The molecule has 1 aliphatic rings. The summed E-state index contributed by atoms with van der Waals surface area (Å²) >= 11 is 0. The van der Waals surface area contributed by atoms with Crippen LogP contribution in [-0.4, -0.2) is 29.6 Å². The van der Waals surface area contributed by atoms with E-state index in [9.17, 15) is 5.11 Å². The second-order valence-electron chi connectivity index (χ2n) is 6.66. The van der Waals surface area contributed by atoms with Gasteiger partial charge in [0.15, 0.2) is 0 Å². The van der Waals surface area contributed by atoms with E-state index < -0.39 is 0 Å². The molecule has 1 N–H and O–H groups in total. The van der Waals surface area contributed by atoms with Crippen LogP contribution >= 0.6 is 0 Å². The van der Waals surface area contributed by atoms with E-state index in [-0.39, 0.29) is 6.10 Å². The Bertz CT molecular complexity index is 432. The number of aryl methyl sites for hydroxylation is 3. The summed E-state index contributed by atoms with van der Waals surface area (Å²) < 4.78 is 0. The van der Waals surface area contributed by atoms with E-state index in [2.05, 4.69) is 44.7 Å². The number of aliphatic hydroxyl groups excluding tert-OH is 1. The number of benzene rings is 1. The molecule has 0 saturated carbocycles. The third-order valence-electron chi connectivity index (χ3n) is 4.61. The molecule has 0 radical (unpaired) electrons. The smallest absolute Gasteiger partial charge is 0.0922 e. The van der Waals surface area contributed by atoms with Gasteiger partial charge in [0.2, 0.25) is 0 Å². The molecule has 2 unspecified atom stereocenters. The van der Waals surface area contributed by atoms with Crippen molar-refractivity contribution in [3.8, 4) is 0 Å². The molecule has 0 aromatic heterocycles. The number of hydrogen-bond donors (Lipinski definition) is 1. The lowest BCUT2D eigenvalue weighted by Crippen LogP contribution is -2.30. The van der Waals surface area contributed by atoms with Crippen LogP contribution in [-0.2, 0) is 0 Å². The molecule has 2 atom stereocenters. The highest BCUT2D eigenvalue weighted by Gasteiger charge is 2.20. The van der Waals surface area contributed by atoms with Crippen LogP contribution in [0.1, 0.15) is 54.5 Å². The SMILES string of the molecule is Cc1cc(C)c(C(O)CN2CCCC(C)CC2)c(C)c1. The first-order chi connectivity index (χ1) is 9.47. The van der Waals surface area contributed by atoms with Crippen molar-refractivity contribution in [2.75, 3.05) is 19.6 Å². The lowest BCUT2D eigenvalue weighted by molar-refractivity contribution is 0.113. The molecule has 20 heavy (non-hydrogen) atoms. The summed E-state index contributed by atoms with van der Waals surface area (Å²) in [5.74, 6) is 0.833. The van der Waals surface area contributed by atoms with Crippen LogP contribution < -0.4 is 0 Å². The predicted molar refractivity (Wildman–Crippen MR) is 85.1 cm³/mol. The minimum atomic E-state index is -0.357. The maximum Gasteiger partial charge on any atom is 0.0922 e. The normalized spacial score (nSPS) is 22.6. The fraction of sp³-hybridized carbons (Fsp3) is 0.667. The first-order valence-electron chi connectivity index (χ1n) is 7.95. The molecule has 1 aromatic carbocycles. The van der Waals surface area contributed by atoms with Crippen LogP contribution in [0.5, 0.6) is 0 Å². The number of likely N-dealkylation sites (tertiary alicyclic amines) is 1. The van der Waals surface area contributed by atoms with Gasteiger partial charge in [-0.05, 0) is 75.7 Å². The van der Waals surface area contributed by atoms with E-state index >= 15 is 0 Å². The van der Waals surface area contributed by atoms with Gasteiger partial charge in [-0.3, -0.25) is 0 Å². The molecule has 2 heteroatoms. The zero-order valence-corrected chi connectivity index (χ0v) is 13.4. The molecular formula is C18H29NO. The van der Waals surface area contributed by atoms with Gasteiger partial charge >= 0.3 is 0 Å². The lowest BCUT2D eigenvalue weighted by Gasteiger charge is -2.25. The summed E-state index contributed by atoms with van der Waals surface area (Å²) in [5.41, 5.74) is 4.85. The summed E-state index contributed by atoms with van der Waals surface area (Å²) in [7, 11) is 0. The molecule has 1 heterocycles. The molecule has 1 fully saturated rings. The van der Waals surface area contributed by atoms with E-state index in [1.165, 1.54) is 36.0 Å². The first-order valence-corrected chi connectivity index (χ1v) is 7.95. The minimum Gasteiger partial charge on any atom is -0.387 e. The van der Waals surface area contributed by atoms with Crippen molar-refractivity contribution in [3.63, 3.8) is 0 Å². The molecular weight excluding hydrogens is 246 g/mol. The summed E-state index contributed by atoms with van der Waals surface area (Å²) in [5, 5.41) is 10.6. The summed E-state index contributed by atoms with van der Waals surface area (Å²) in [6.07, 6.45) is 3.50. The Kier molecular flexibility index (Phi) is 5.22. The van der Waals surface area contributed by atoms with Crippen LogP contribution in [0.25, 0.3) is 0 Å². The van der Waals surface area contributed by atoms with Crippen molar-refractivity contribution < 1.29 is 5.11 Å². The molecule has 2 nitrogen and oxygen atoms in total. The van der Waals surface area contributed by atoms with Gasteiger partial charge in [0.05, 0.1) is 6.10 Å². The largest absolute Gasteiger partial charge is 0.387 e. The quantitative estimate of drug-likeness (QED) is 0.907. The topological polar surface area (TPSA) is 23.5 Å². The first kappa shape index (κ1) is 15.5. The van der Waals surface area contributed by atoms with Crippen molar-refractivity contribution in [2.45, 2.75) is 53.1 Å². The number of nitrogens with zero attached hydrogens (tertiary/aromatic N) is 1. The highest BCUT2D eigenvalue weighted by Crippen LogP contribution is 2.25. The molecule has 1 aliphatic heterocycles. The Balaban J connectivity index is 2.06. The molecule has 0 aliphatic carbocycles. The lowest BCUT2D eigenvalue weighted by atomic mass is 9.95. The predicted octanol–water partition coefficient (Wildman–Crippen LogP) is 3.77. The van der Waals surface area contributed by atoms with Gasteiger partial charge in [0, 0.05) is 6.54 Å². The fourth-order valence-corrected chi connectivity index (χ4v) is 3.56. The number of aliphatic hydroxyl groups is 1. The maximum atomic E-state index is 10.6. The van der Waals surface area contributed by atoms with Crippen LogP contribution in [0, 0.1) is 26.7 Å². The average Bonchev–Trinajstić information content (AvgIpc) is 2.53. The Morgan fingerprint density at radius 1 is 1.15 bits per heavy atom. The zero-order valence-electron chi connectivity index (χ0n) is 13.4. The summed E-state index contributed by atoms with van der Waals surface area (Å²) in [6, 6.07) is 4.35. The van der Waals surface area contributed by atoms with E-state index in [1.807, 2.05) is 0 Å². The third-order valence-corrected chi connectivity index (χ3v) is 4.61. The van der Waals surface area contributed by atoms with Crippen LogP contribution in [0.3, 0.4) is 0 Å². The molecule has 112 valence electrons. The van der Waals surface area contributed by atoms with Gasteiger partial charge in [0.1, 0.15) is 0 Å². The van der Waals surface area contributed by atoms with E-state index in [4.69, 9.17) is 0 Å². The van der Waals surface area contributed by atoms with Gasteiger partial charge in [-0.1, -0.05) is 24.6 Å². The second-order valence-corrected chi connectivity index (χ2v) is 6.66. The molecule has 2 rings (SSSR count). The zero-order chi connectivity index (χ0) is 14.7. The van der Waals surface area contributed by atoms with E-state index in [1.54, 1.807) is 0 Å². The second kappa shape index (κ2) is 6.73. The van der Waals surface area contributed by atoms with Crippen molar-refractivity contribution >= 4 is 0 Å².